The molecule has 0 fully saturated rings. The summed E-state index contributed by atoms with van der Waals surface area (Å²) >= 11 is 1.49. The minimum Gasteiger partial charge on any atom is -0.462 e. The quantitative estimate of drug-likeness (QED) is 0.819. The van der Waals surface area contributed by atoms with Gasteiger partial charge in [0.05, 0.1) is 18.4 Å². The van der Waals surface area contributed by atoms with Crippen molar-refractivity contribution in [1.82, 2.24) is 9.88 Å². The molecule has 0 atom stereocenters. The molecule has 0 radical (unpaired) electrons. The predicted octanol–water partition coefficient (Wildman–Crippen LogP) is 2.03. The lowest BCUT2D eigenvalue weighted by Crippen LogP contribution is -2.23. The summed E-state index contributed by atoms with van der Waals surface area (Å²) in [5, 5.41) is 2.70. The summed E-state index contributed by atoms with van der Waals surface area (Å²) < 4.78 is 5.24. The number of hydrogen-bond acceptors (Lipinski definition) is 4. The van der Waals surface area contributed by atoms with E-state index in [-0.39, 0.29) is 5.91 Å². The fourth-order valence-electron chi connectivity index (χ4n) is 1.21. The van der Waals surface area contributed by atoms with Gasteiger partial charge in [-0.15, -0.1) is 11.3 Å². The van der Waals surface area contributed by atoms with Crippen LogP contribution in [0.4, 0.5) is 0 Å². The van der Waals surface area contributed by atoms with Crippen molar-refractivity contribution in [2.45, 2.75) is 6.42 Å². The van der Waals surface area contributed by atoms with Crippen LogP contribution in [0, 0.1) is 0 Å². The Hall–Kier alpha value is -1.62. The molecule has 2 aromatic heterocycles. The summed E-state index contributed by atoms with van der Waals surface area (Å²) in [6, 6.07) is 3.68. The van der Waals surface area contributed by atoms with E-state index in [1.807, 2.05) is 17.5 Å². The molecule has 2 rings (SSSR count). The van der Waals surface area contributed by atoms with Gasteiger partial charge in [-0.25, -0.2) is 4.98 Å². The van der Waals surface area contributed by atoms with Crippen molar-refractivity contribution in [2.75, 3.05) is 14.1 Å². The van der Waals surface area contributed by atoms with E-state index in [4.69, 9.17) is 4.42 Å². The van der Waals surface area contributed by atoms with Crippen LogP contribution in [0.2, 0.25) is 0 Å². The van der Waals surface area contributed by atoms with Crippen LogP contribution in [0.1, 0.15) is 5.69 Å². The Morgan fingerprint density at radius 1 is 1.56 bits per heavy atom. The number of likely N-dealkylation sites (N-methyl/N-ethyl adjacent to an activating group) is 1. The van der Waals surface area contributed by atoms with Crippen molar-refractivity contribution in [3.05, 3.63) is 29.5 Å². The molecular formula is C11H12N2O2S. The van der Waals surface area contributed by atoms with E-state index in [1.54, 1.807) is 25.3 Å². The first kappa shape index (κ1) is 10.9. The number of carbonyl (C=O) groups excluding carboxylic acids is 1. The second kappa shape index (κ2) is 4.49. The number of thiazole rings is 1. The molecule has 2 aromatic rings. The lowest BCUT2D eigenvalue weighted by Gasteiger charge is -2.07. The highest BCUT2D eigenvalue weighted by molar-refractivity contribution is 7.13. The first-order valence-electron chi connectivity index (χ1n) is 4.85. The van der Waals surface area contributed by atoms with Crippen molar-refractivity contribution < 1.29 is 9.21 Å². The molecular weight excluding hydrogens is 224 g/mol. The van der Waals surface area contributed by atoms with Gasteiger partial charge in [0.15, 0.2) is 10.8 Å². The third-order valence-corrected chi connectivity index (χ3v) is 3.02. The zero-order valence-corrected chi connectivity index (χ0v) is 9.95. The van der Waals surface area contributed by atoms with E-state index < -0.39 is 0 Å². The molecule has 0 aliphatic rings. The second-order valence-corrected chi connectivity index (χ2v) is 4.44. The van der Waals surface area contributed by atoms with Gasteiger partial charge in [0, 0.05) is 19.5 Å². The topological polar surface area (TPSA) is 46.3 Å². The maximum absolute atomic E-state index is 11.5. The standard InChI is InChI=1S/C11H12N2O2S/c1-13(2)10(14)6-8-7-16-11(12-8)9-4-3-5-15-9/h3-5,7H,6H2,1-2H3. The summed E-state index contributed by atoms with van der Waals surface area (Å²) in [4.78, 5) is 17.4. The van der Waals surface area contributed by atoms with Crippen LogP contribution in [0.25, 0.3) is 10.8 Å². The minimum absolute atomic E-state index is 0.0521. The highest BCUT2D eigenvalue weighted by atomic mass is 32.1. The Morgan fingerprint density at radius 2 is 2.38 bits per heavy atom. The Bertz CT molecular complexity index is 474. The molecule has 5 heteroatoms. The summed E-state index contributed by atoms with van der Waals surface area (Å²) in [6.07, 6.45) is 1.95. The number of hydrogen-bond donors (Lipinski definition) is 0. The summed E-state index contributed by atoms with van der Waals surface area (Å²) in [5.41, 5.74) is 0.787. The molecule has 0 aliphatic carbocycles. The number of furan rings is 1. The highest BCUT2D eigenvalue weighted by Gasteiger charge is 2.11. The number of nitrogens with zero attached hydrogens (tertiary/aromatic N) is 2. The summed E-state index contributed by atoms with van der Waals surface area (Å²) in [7, 11) is 3.48. The average Bonchev–Trinajstić information content (AvgIpc) is 2.85. The zero-order valence-electron chi connectivity index (χ0n) is 9.14. The third-order valence-electron chi connectivity index (χ3n) is 2.11. The van der Waals surface area contributed by atoms with Crippen LogP contribution in [0.3, 0.4) is 0 Å². The van der Waals surface area contributed by atoms with Gasteiger partial charge in [-0.05, 0) is 12.1 Å². The van der Waals surface area contributed by atoms with Crippen LogP contribution in [0.5, 0.6) is 0 Å². The number of rotatable bonds is 3. The van der Waals surface area contributed by atoms with Gasteiger partial charge in [-0.1, -0.05) is 0 Å². The zero-order chi connectivity index (χ0) is 11.5. The largest absolute Gasteiger partial charge is 0.462 e. The van der Waals surface area contributed by atoms with Gasteiger partial charge in [0.25, 0.3) is 0 Å². The monoisotopic (exact) mass is 236 g/mol. The van der Waals surface area contributed by atoms with Crippen molar-refractivity contribution in [1.29, 1.82) is 0 Å². The summed E-state index contributed by atoms with van der Waals surface area (Å²) in [5.74, 6) is 0.796. The molecule has 0 saturated carbocycles. The van der Waals surface area contributed by atoms with Crippen molar-refractivity contribution >= 4 is 17.2 Å². The van der Waals surface area contributed by atoms with Gasteiger partial charge in [-0.3, -0.25) is 4.79 Å². The maximum Gasteiger partial charge on any atom is 0.228 e. The first-order chi connectivity index (χ1) is 7.66. The average molecular weight is 236 g/mol. The van der Waals surface area contributed by atoms with Crippen molar-refractivity contribution in [3.8, 4) is 10.8 Å². The van der Waals surface area contributed by atoms with Crippen molar-refractivity contribution in [2.24, 2.45) is 0 Å². The smallest absolute Gasteiger partial charge is 0.228 e. The predicted molar refractivity (Wildman–Crippen MR) is 62.2 cm³/mol. The van der Waals surface area contributed by atoms with Crippen LogP contribution in [-0.4, -0.2) is 29.9 Å². The fourth-order valence-corrected chi connectivity index (χ4v) is 2.00. The van der Waals surface area contributed by atoms with Crippen molar-refractivity contribution in [3.63, 3.8) is 0 Å². The molecule has 0 aliphatic heterocycles. The van der Waals surface area contributed by atoms with Crippen LogP contribution < -0.4 is 0 Å². The van der Waals surface area contributed by atoms with Gasteiger partial charge in [0.2, 0.25) is 5.91 Å². The van der Waals surface area contributed by atoms with E-state index in [1.165, 1.54) is 11.3 Å². The Morgan fingerprint density at radius 3 is 3.00 bits per heavy atom. The van der Waals surface area contributed by atoms with E-state index in [9.17, 15) is 4.79 Å². The maximum atomic E-state index is 11.5. The molecule has 84 valence electrons. The SMILES string of the molecule is CN(C)C(=O)Cc1csc(-c2ccco2)n1. The minimum atomic E-state index is 0.0521. The van der Waals surface area contributed by atoms with E-state index >= 15 is 0 Å². The van der Waals surface area contributed by atoms with Crippen LogP contribution in [-0.2, 0) is 11.2 Å². The van der Waals surface area contributed by atoms with Gasteiger partial charge in [0.1, 0.15) is 0 Å². The van der Waals surface area contributed by atoms with Gasteiger partial charge < -0.3 is 9.32 Å². The number of aromatic nitrogens is 1. The lowest BCUT2D eigenvalue weighted by molar-refractivity contribution is -0.128. The molecule has 0 spiro atoms. The molecule has 0 bridgehead atoms. The van der Waals surface area contributed by atoms with Gasteiger partial charge >= 0.3 is 0 Å². The molecule has 16 heavy (non-hydrogen) atoms. The highest BCUT2D eigenvalue weighted by Crippen LogP contribution is 2.24. The molecule has 4 nitrogen and oxygen atoms in total. The molecule has 0 unspecified atom stereocenters. The molecule has 1 amide bonds. The first-order valence-corrected chi connectivity index (χ1v) is 5.73. The molecule has 0 N–H and O–H groups in total. The normalized spacial score (nSPS) is 10.4. The van der Waals surface area contributed by atoms with Crippen LogP contribution in [0.15, 0.2) is 28.2 Å². The van der Waals surface area contributed by atoms with Crippen LogP contribution >= 0.6 is 11.3 Å². The Labute approximate surface area is 97.5 Å². The number of carbonyl (C=O) groups is 1. The van der Waals surface area contributed by atoms with Gasteiger partial charge in [-0.2, -0.15) is 0 Å². The second-order valence-electron chi connectivity index (χ2n) is 3.59. The summed E-state index contributed by atoms with van der Waals surface area (Å²) in [6.45, 7) is 0. The lowest BCUT2D eigenvalue weighted by atomic mass is 10.3. The third kappa shape index (κ3) is 2.30. The Balaban J connectivity index is 2.11. The van der Waals surface area contributed by atoms with E-state index in [2.05, 4.69) is 4.98 Å². The number of amides is 1. The van der Waals surface area contributed by atoms with E-state index in [0.717, 1.165) is 16.5 Å². The molecule has 2 heterocycles. The van der Waals surface area contributed by atoms with E-state index in [0.29, 0.717) is 6.42 Å². The molecule has 0 saturated heterocycles. The Kier molecular flexibility index (Phi) is 3.05. The molecule has 0 aromatic carbocycles. The fraction of sp³-hybridized carbons (Fsp3) is 0.273.